The van der Waals surface area contributed by atoms with Crippen LogP contribution < -0.4 is 5.32 Å². The average Bonchev–Trinajstić information content (AvgIpc) is 3.09. The fraction of sp³-hybridized carbons (Fsp3) is 0.429. The summed E-state index contributed by atoms with van der Waals surface area (Å²) in [7, 11) is 0. The van der Waals surface area contributed by atoms with E-state index >= 15 is 0 Å². The highest BCUT2D eigenvalue weighted by molar-refractivity contribution is 7.80. The molecule has 0 saturated carbocycles. The van der Waals surface area contributed by atoms with Crippen molar-refractivity contribution in [2.24, 2.45) is 0 Å². The van der Waals surface area contributed by atoms with E-state index in [0.717, 1.165) is 32.8 Å². The third kappa shape index (κ3) is 3.31. The van der Waals surface area contributed by atoms with Crippen LogP contribution in [-0.2, 0) is 9.53 Å². The first-order chi connectivity index (χ1) is 10.2. The number of nitrogens with zero attached hydrogens (tertiary/aromatic N) is 2. The van der Waals surface area contributed by atoms with E-state index in [1.165, 1.54) is 0 Å². The molecule has 2 aliphatic rings. The summed E-state index contributed by atoms with van der Waals surface area (Å²) < 4.78 is 10.5. The van der Waals surface area contributed by atoms with Gasteiger partial charge in [-0.3, -0.25) is 14.6 Å². The van der Waals surface area contributed by atoms with Crippen LogP contribution in [0.3, 0.4) is 0 Å². The Hall–Kier alpha value is -1.70. The van der Waals surface area contributed by atoms with E-state index in [2.05, 4.69) is 10.2 Å². The van der Waals surface area contributed by atoms with Crippen molar-refractivity contribution in [2.45, 2.75) is 0 Å². The molecule has 2 aliphatic heterocycles. The molecular weight excluding hydrogens is 290 g/mol. The van der Waals surface area contributed by atoms with Crippen LogP contribution in [0.1, 0.15) is 5.76 Å². The molecule has 7 heteroatoms. The van der Waals surface area contributed by atoms with Crippen molar-refractivity contribution in [2.75, 3.05) is 39.4 Å². The standard InChI is InChI=1S/C14H17N3O3S/c18-13-12(10-11-2-1-7-20-11)15-14(21)17(13)4-3-16-5-8-19-9-6-16/h1-2,7,10H,3-6,8-9H2,(H,15,21)/b12-10-. The maximum atomic E-state index is 12.3. The minimum Gasteiger partial charge on any atom is -0.465 e. The van der Waals surface area contributed by atoms with E-state index in [1.807, 2.05) is 0 Å². The Bertz CT molecular complexity index is 550. The second kappa shape index (κ2) is 6.38. The molecule has 0 spiro atoms. The Morgan fingerprint density at radius 2 is 2.14 bits per heavy atom. The van der Waals surface area contributed by atoms with Gasteiger partial charge in [0.15, 0.2) is 5.11 Å². The Morgan fingerprint density at radius 3 is 2.86 bits per heavy atom. The summed E-state index contributed by atoms with van der Waals surface area (Å²) in [6.07, 6.45) is 3.24. The highest BCUT2D eigenvalue weighted by Crippen LogP contribution is 2.14. The third-order valence-corrected chi connectivity index (χ3v) is 3.86. The average molecular weight is 307 g/mol. The maximum Gasteiger partial charge on any atom is 0.276 e. The quantitative estimate of drug-likeness (QED) is 0.652. The minimum atomic E-state index is -0.107. The monoisotopic (exact) mass is 307 g/mol. The van der Waals surface area contributed by atoms with E-state index in [1.54, 1.807) is 29.4 Å². The van der Waals surface area contributed by atoms with Crippen molar-refractivity contribution in [3.8, 4) is 0 Å². The number of rotatable bonds is 4. The smallest absolute Gasteiger partial charge is 0.276 e. The van der Waals surface area contributed by atoms with Crippen LogP contribution in [0.4, 0.5) is 0 Å². The molecule has 21 heavy (non-hydrogen) atoms. The second-order valence-electron chi connectivity index (χ2n) is 4.91. The zero-order valence-electron chi connectivity index (χ0n) is 11.6. The summed E-state index contributed by atoms with van der Waals surface area (Å²) in [6, 6.07) is 3.57. The van der Waals surface area contributed by atoms with Crippen molar-refractivity contribution >= 4 is 29.3 Å². The van der Waals surface area contributed by atoms with Crippen LogP contribution in [-0.4, -0.2) is 60.2 Å². The normalized spacial score (nSPS) is 22.1. The molecule has 3 heterocycles. The summed E-state index contributed by atoms with van der Waals surface area (Å²) in [6.45, 7) is 4.68. The van der Waals surface area contributed by atoms with Crippen LogP contribution in [0.15, 0.2) is 28.5 Å². The van der Waals surface area contributed by atoms with Gasteiger partial charge in [-0.2, -0.15) is 0 Å². The lowest BCUT2D eigenvalue weighted by Crippen LogP contribution is -2.43. The molecule has 112 valence electrons. The van der Waals surface area contributed by atoms with Crippen LogP contribution in [0.5, 0.6) is 0 Å². The fourth-order valence-corrected chi connectivity index (χ4v) is 2.64. The third-order valence-electron chi connectivity index (χ3n) is 3.54. The van der Waals surface area contributed by atoms with Gasteiger partial charge in [-0.05, 0) is 24.4 Å². The first kappa shape index (κ1) is 14.2. The molecule has 1 N–H and O–H groups in total. The second-order valence-corrected chi connectivity index (χ2v) is 5.30. The van der Waals surface area contributed by atoms with E-state index in [4.69, 9.17) is 21.4 Å². The van der Waals surface area contributed by atoms with E-state index in [9.17, 15) is 4.79 Å². The number of carbonyl (C=O) groups excluding carboxylic acids is 1. The Morgan fingerprint density at radius 1 is 1.33 bits per heavy atom. The zero-order chi connectivity index (χ0) is 14.7. The fourth-order valence-electron chi connectivity index (χ4n) is 2.36. The number of thiocarbonyl (C=S) groups is 1. The molecule has 1 aromatic rings. The molecule has 6 nitrogen and oxygen atoms in total. The first-order valence-electron chi connectivity index (χ1n) is 6.92. The lowest BCUT2D eigenvalue weighted by atomic mass is 10.3. The van der Waals surface area contributed by atoms with Crippen molar-refractivity contribution in [3.63, 3.8) is 0 Å². The largest absolute Gasteiger partial charge is 0.465 e. The summed E-state index contributed by atoms with van der Waals surface area (Å²) in [5.41, 5.74) is 0.455. The highest BCUT2D eigenvalue weighted by Gasteiger charge is 2.30. The summed E-state index contributed by atoms with van der Waals surface area (Å²) in [4.78, 5) is 16.2. The molecule has 0 unspecified atom stereocenters. The summed E-state index contributed by atoms with van der Waals surface area (Å²) >= 11 is 5.24. The van der Waals surface area contributed by atoms with Crippen molar-refractivity contribution < 1.29 is 13.9 Å². The molecule has 3 rings (SSSR count). The molecule has 0 aromatic carbocycles. The lowest BCUT2D eigenvalue weighted by molar-refractivity contribution is -0.122. The van der Waals surface area contributed by atoms with Crippen molar-refractivity contribution in [1.82, 2.24) is 15.1 Å². The topological polar surface area (TPSA) is 58.0 Å². The number of carbonyl (C=O) groups is 1. The number of furan rings is 1. The molecule has 1 aromatic heterocycles. The van der Waals surface area contributed by atoms with Gasteiger partial charge >= 0.3 is 0 Å². The van der Waals surface area contributed by atoms with Crippen molar-refractivity contribution in [3.05, 3.63) is 29.9 Å². The molecule has 0 bridgehead atoms. The Labute approximate surface area is 128 Å². The van der Waals surface area contributed by atoms with Gasteiger partial charge in [0.2, 0.25) is 0 Å². The number of hydrogen-bond acceptors (Lipinski definition) is 5. The number of ether oxygens (including phenoxy) is 1. The minimum absolute atomic E-state index is 0.107. The number of morpholine rings is 1. The van der Waals surface area contributed by atoms with Crippen LogP contribution >= 0.6 is 12.2 Å². The summed E-state index contributed by atoms with van der Waals surface area (Å²) in [5.74, 6) is 0.522. The van der Waals surface area contributed by atoms with Gasteiger partial charge in [-0.15, -0.1) is 0 Å². The van der Waals surface area contributed by atoms with E-state index in [-0.39, 0.29) is 5.91 Å². The lowest BCUT2D eigenvalue weighted by Gasteiger charge is -2.28. The number of nitrogens with one attached hydrogen (secondary N) is 1. The SMILES string of the molecule is O=C1/C(=C/c2ccco2)NC(=S)N1CCN1CCOCC1. The van der Waals surface area contributed by atoms with Gasteiger partial charge in [0, 0.05) is 32.3 Å². The molecule has 0 aliphatic carbocycles. The van der Waals surface area contributed by atoms with Crippen LogP contribution in [0.2, 0.25) is 0 Å². The first-order valence-corrected chi connectivity index (χ1v) is 7.33. The Balaban J connectivity index is 1.61. The van der Waals surface area contributed by atoms with Gasteiger partial charge in [0.25, 0.3) is 5.91 Å². The highest BCUT2D eigenvalue weighted by atomic mass is 32.1. The van der Waals surface area contributed by atoms with Crippen LogP contribution in [0.25, 0.3) is 6.08 Å². The molecular formula is C14H17N3O3S. The maximum absolute atomic E-state index is 12.3. The Kier molecular flexibility index (Phi) is 4.33. The predicted octanol–water partition coefficient (Wildman–Crippen LogP) is 0.669. The molecule has 1 amide bonds. The van der Waals surface area contributed by atoms with E-state index in [0.29, 0.717) is 23.1 Å². The summed E-state index contributed by atoms with van der Waals surface area (Å²) in [5, 5.41) is 3.40. The van der Waals surface area contributed by atoms with Gasteiger partial charge in [0.05, 0.1) is 19.5 Å². The number of hydrogen-bond donors (Lipinski definition) is 1. The molecule has 0 radical (unpaired) electrons. The van der Waals surface area contributed by atoms with E-state index < -0.39 is 0 Å². The van der Waals surface area contributed by atoms with Gasteiger partial charge in [-0.1, -0.05) is 0 Å². The van der Waals surface area contributed by atoms with Crippen LogP contribution in [0, 0.1) is 0 Å². The van der Waals surface area contributed by atoms with Crippen molar-refractivity contribution in [1.29, 1.82) is 0 Å². The zero-order valence-corrected chi connectivity index (χ0v) is 12.4. The van der Waals surface area contributed by atoms with Gasteiger partial charge in [-0.25, -0.2) is 0 Å². The molecule has 0 atom stereocenters. The molecule has 2 saturated heterocycles. The number of amides is 1. The van der Waals surface area contributed by atoms with Gasteiger partial charge in [0.1, 0.15) is 11.5 Å². The van der Waals surface area contributed by atoms with Gasteiger partial charge < -0.3 is 14.5 Å². The predicted molar refractivity (Wildman–Crippen MR) is 81.4 cm³/mol. The molecule has 2 fully saturated rings.